The highest BCUT2D eigenvalue weighted by Gasteiger charge is 2.13. The topological polar surface area (TPSA) is 58.8 Å². The molecular formula is C18H31N3O2. The Kier molecular flexibility index (Phi) is 8.62. The van der Waals surface area contributed by atoms with Crippen LogP contribution in [-0.2, 0) is 11.2 Å². The van der Waals surface area contributed by atoms with Crippen LogP contribution in [0.25, 0.3) is 0 Å². The van der Waals surface area contributed by atoms with Gasteiger partial charge in [0.15, 0.2) is 5.96 Å². The maximum absolute atomic E-state index is 5.76. The zero-order chi connectivity index (χ0) is 16.2. The van der Waals surface area contributed by atoms with Gasteiger partial charge >= 0.3 is 0 Å². The molecule has 1 aromatic rings. The molecule has 1 aliphatic rings. The maximum atomic E-state index is 5.76. The maximum Gasteiger partial charge on any atom is 0.191 e. The van der Waals surface area contributed by atoms with Crippen molar-refractivity contribution >= 4 is 5.96 Å². The fraction of sp³-hybridized carbons (Fsp3) is 0.722. The van der Waals surface area contributed by atoms with Crippen molar-refractivity contribution in [2.45, 2.75) is 58.0 Å². The molecule has 23 heavy (non-hydrogen) atoms. The van der Waals surface area contributed by atoms with Crippen LogP contribution in [-0.4, -0.2) is 38.3 Å². The largest absolute Gasteiger partial charge is 0.469 e. The average Bonchev–Trinajstić information content (AvgIpc) is 3.10. The van der Waals surface area contributed by atoms with Crippen LogP contribution in [0.2, 0.25) is 0 Å². The molecule has 5 heteroatoms. The van der Waals surface area contributed by atoms with Gasteiger partial charge in [0.1, 0.15) is 5.76 Å². The first-order chi connectivity index (χ1) is 11.4. The van der Waals surface area contributed by atoms with Gasteiger partial charge in [-0.05, 0) is 37.8 Å². The number of unbranched alkanes of at least 4 members (excludes halogenated alkanes) is 2. The van der Waals surface area contributed by atoms with Crippen molar-refractivity contribution in [3.8, 4) is 0 Å². The lowest BCUT2D eigenvalue weighted by Crippen LogP contribution is -2.39. The lowest BCUT2D eigenvalue weighted by Gasteiger charge is -2.21. The standard InChI is InChI=1S/C18H31N3O2/c1-2-3-5-11-19-18(20-12-10-16-9-7-14-22-16)21-15-17-8-4-6-13-23-17/h7,9,14,17H,2-6,8,10-13,15H2,1H3,(H2,19,20,21). The first-order valence-corrected chi connectivity index (χ1v) is 9.04. The van der Waals surface area contributed by atoms with E-state index in [0.717, 1.165) is 50.8 Å². The van der Waals surface area contributed by atoms with E-state index in [9.17, 15) is 0 Å². The summed E-state index contributed by atoms with van der Waals surface area (Å²) in [6.07, 6.45) is 10.1. The molecule has 1 atom stereocenters. The molecule has 0 aliphatic carbocycles. The molecule has 0 radical (unpaired) electrons. The third kappa shape index (κ3) is 7.55. The number of hydrogen-bond acceptors (Lipinski definition) is 3. The van der Waals surface area contributed by atoms with Crippen LogP contribution in [0.5, 0.6) is 0 Å². The molecule has 0 saturated carbocycles. The van der Waals surface area contributed by atoms with Crippen molar-refractivity contribution in [3.05, 3.63) is 24.2 Å². The van der Waals surface area contributed by atoms with Gasteiger partial charge in [0.25, 0.3) is 0 Å². The van der Waals surface area contributed by atoms with E-state index in [1.165, 1.54) is 32.1 Å². The number of ether oxygens (including phenoxy) is 1. The first kappa shape index (κ1) is 17.9. The highest BCUT2D eigenvalue weighted by atomic mass is 16.5. The van der Waals surface area contributed by atoms with Gasteiger partial charge in [0.2, 0.25) is 0 Å². The monoisotopic (exact) mass is 321 g/mol. The lowest BCUT2D eigenvalue weighted by molar-refractivity contribution is 0.0224. The van der Waals surface area contributed by atoms with Crippen LogP contribution in [0.1, 0.15) is 51.2 Å². The molecule has 1 unspecified atom stereocenters. The van der Waals surface area contributed by atoms with E-state index < -0.39 is 0 Å². The van der Waals surface area contributed by atoms with Crippen molar-refractivity contribution in [1.82, 2.24) is 10.6 Å². The third-order valence-corrected chi connectivity index (χ3v) is 4.04. The molecule has 0 aromatic carbocycles. The Labute approximate surface area is 139 Å². The van der Waals surface area contributed by atoms with E-state index in [1.807, 2.05) is 12.1 Å². The highest BCUT2D eigenvalue weighted by molar-refractivity contribution is 5.79. The minimum absolute atomic E-state index is 0.281. The van der Waals surface area contributed by atoms with Gasteiger partial charge in [0.05, 0.1) is 18.9 Å². The molecule has 1 aromatic heterocycles. The van der Waals surface area contributed by atoms with Crippen molar-refractivity contribution in [1.29, 1.82) is 0 Å². The summed E-state index contributed by atoms with van der Waals surface area (Å²) in [7, 11) is 0. The summed E-state index contributed by atoms with van der Waals surface area (Å²) in [5.74, 6) is 1.89. The van der Waals surface area contributed by atoms with E-state index >= 15 is 0 Å². The van der Waals surface area contributed by atoms with Crippen LogP contribution in [0.3, 0.4) is 0 Å². The molecule has 0 amide bonds. The van der Waals surface area contributed by atoms with Crippen LogP contribution in [0, 0.1) is 0 Å². The minimum atomic E-state index is 0.281. The lowest BCUT2D eigenvalue weighted by atomic mass is 10.1. The predicted octanol–water partition coefficient (Wildman–Crippen LogP) is 3.12. The summed E-state index contributed by atoms with van der Waals surface area (Å²) in [5.41, 5.74) is 0. The van der Waals surface area contributed by atoms with Crippen molar-refractivity contribution < 1.29 is 9.15 Å². The van der Waals surface area contributed by atoms with Crippen molar-refractivity contribution in [2.24, 2.45) is 4.99 Å². The Bertz CT molecular complexity index is 425. The molecule has 0 bridgehead atoms. The quantitative estimate of drug-likeness (QED) is 0.417. The number of nitrogens with one attached hydrogen (secondary N) is 2. The summed E-state index contributed by atoms with van der Waals surface area (Å²) < 4.78 is 11.1. The molecule has 1 aliphatic heterocycles. The van der Waals surface area contributed by atoms with Gasteiger partial charge in [0, 0.05) is 26.1 Å². The molecule has 2 rings (SSSR count). The van der Waals surface area contributed by atoms with Crippen molar-refractivity contribution in [2.75, 3.05) is 26.2 Å². The van der Waals surface area contributed by atoms with Gasteiger partial charge < -0.3 is 19.8 Å². The van der Waals surface area contributed by atoms with Gasteiger partial charge in [-0.2, -0.15) is 0 Å². The van der Waals surface area contributed by atoms with E-state index in [-0.39, 0.29) is 6.10 Å². The summed E-state index contributed by atoms with van der Waals surface area (Å²) in [6.45, 7) is 5.62. The molecule has 5 nitrogen and oxygen atoms in total. The first-order valence-electron chi connectivity index (χ1n) is 9.04. The van der Waals surface area contributed by atoms with Gasteiger partial charge in [-0.15, -0.1) is 0 Å². The van der Waals surface area contributed by atoms with Gasteiger partial charge in [-0.25, -0.2) is 0 Å². The second-order valence-electron chi connectivity index (χ2n) is 6.07. The predicted molar refractivity (Wildman–Crippen MR) is 93.8 cm³/mol. The molecule has 2 heterocycles. The normalized spacial score (nSPS) is 18.8. The molecular weight excluding hydrogens is 290 g/mol. The summed E-state index contributed by atoms with van der Waals surface area (Å²) >= 11 is 0. The van der Waals surface area contributed by atoms with E-state index in [4.69, 9.17) is 14.1 Å². The summed E-state index contributed by atoms with van der Waals surface area (Å²) in [5, 5.41) is 6.82. The fourth-order valence-corrected chi connectivity index (χ4v) is 2.66. The number of rotatable bonds is 9. The van der Waals surface area contributed by atoms with Crippen LogP contribution < -0.4 is 10.6 Å². The van der Waals surface area contributed by atoms with Gasteiger partial charge in [-0.3, -0.25) is 4.99 Å². The van der Waals surface area contributed by atoms with Gasteiger partial charge in [-0.1, -0.05) is 19.8 Å². The molecule has 1 saturated heterocycles. The Morgan fingerprint density at radius 3 is 2.91 bits per heavy atom. The molecule has 1 fully saturated rings. The number of furan rings is 1. The Morgan fingerprint density at radius 1 is 1.26 bits per heavy atom. The molecule has 2 N–H and O–H groups in total. The van der Waals surface area contributed by atoms with E-state index in [1.54, 1.807) is 6.26 Å². The zero-order valence-electron chi connectivity index (χ0n) is 14.4. The summed E-state index contributed by atoms with van der Waals surface area (Å²) in [4.78, 5) is 4.70. The molecule has 130 valence electrons. The van der Waals surface area contributed by atoms with Crippen molar-refractivity contribution in [3.63, 3.8) is 0 Å². The number of hydrogen-bond donors (Lipinski definition) is 2. The van der Waals surface area contributed by atoms with E-state index in [0.29, 0.717) is 0 Å². The number of guanidine groups is 1. The second-order valence-corrected chi connectivity index (χ2v) is 6.07. The smallest absolute Gasteiger partial charge is 0.191 e. The second kappa shape index (κ2) is 11.1. The third-order valence-electron chi connectivity index (χ3n) is 4.04. The fourth-order valence-electron chi connectivity index (χ4n) is 2.66. The zero-order valence-corrected chi connectivity index (χ0v) is 14.4. The number of nitrogens with zero attached hydrogens (tertiary/aromatic N) is 1. The summed E-state index contributed by atoms with van der Waals surface area (Å²) in [6, 6.07) is 3.93. The molecule has 0 spiro atoms. The Hall–Kier alpha value is -1.49. The highest BCUT2D eigenvalue weighted by Crippen LogP contribution is 2.12. The average molecular weight is 321 g/mol. The van der Waals surface area contributed by atoms with Crippen LogP contribution >= 0.6 is 0 Å². The number of aliphatic imine (C=N–C) groups is 1. The van der Waals surface area contributed by atoms with Crippen LogP contribution in [0.4, 0.5) is 0 Å². The van der Waals surface area contributed by atoms with E-state index in [2.05, 4.69) is 17.6 Å². The Balaban J connectivity index is 1.74. The minimum Gasteiger partial charge on any atom is -0.469 e. The Morgan fingerprint density at radius 2 is 2.17 bits per heavy atom. The van der Waals surface area contributed by atoms with Crippen LogP contribution in [0.15, 0.2) is 27.8 Å². The SMILES string of the molecule is CCCCCNC(=NCC1CCCCO1)NCCc1ccco1.